The molecule has 0 aliphatic rings. The monoisotopic (exact) mass is 282 g/mol. The molecule has 0 bridgehead atoms. The summed E-state index contributed by atoms with van der Waals surface area (Å²) in [5.74, 6) is 0.409. The Bertz CT molecular complexity index is 333. The molecule has 0 N–H and O–H groups in total. The van der Waals surface area contributed by atoms with Crippen molar-refractivity contribution in [3.8, 4) is 0 Å². The molecule has 0 saturated heterocycles. The number of methoxy groups -OCH3 is 1. The summed E-state index contributed by atoms with van der Waals surface area (Å²) >= 11 is 13.3. The number of aromatic nitrogens is 1. The highest BCUT2D eigenvalue weighted by Crippen LogP contribution is 2.31. The van der Waals surface area contributed by atoms with Crippen LogP contribution in [0.4, 0.5) is 5.13 Å². The fourth-order valence-corrected chi connectivity index (χ4v) is 3.13. The van der Waals surface area contributed by atoms with Gasteiger partial charge in [-0.1, -0.05) is 22.9 Å². The maximum absolute atomic E-state index is 5.98. The predicted molar refractivity (Wildman–Crippen MR) is 71.0 cm³/mol. The minimum Gasteiger partial charge on any atom is -0.383 e. The average molecular weight is 283 g/mol. The lowest BCUT2D eigenvalue weighted by Gasteiger charge is -2.26. The molecule has 0 radical (unpaired) electrons. The van der Waals surface area contributed by atoms with E-state index in [1.165, 1.54) is 0 Å². The van der Waals surface area contributed by atoms with Crippen molar-refractivity contribution in [2.45, 2.75) is 25.8 Å². The molecule has 0 aliphatic heterocycles. The number of ether oxygens (including phenoxy) is 1. The third-order valence-electron chi connectivity index (χ3n) is 2.29. The van der Waals surface area contributed by atoms with Crippen LogP contribution in [0.5, 0.6) is 0 Å². The van der Waals surface area contributed by atoms with Crippen LogP contribution >= 0.6 is 34.5 Å². The Morgan fingerprint density at radius 2 is 2.25 bits per heavy atom. The van der Waals surface area contributed by atoms with Crippen LogP contribution < -0.4 is 4.90 Å². The molecule has 1 rings (SSSR count). The molecular weight excluding hydrogens is 267 g/mol. The van der Waals surface area contributed by atoms with Gasteiger partial charge in [0.15, 0.2) is 5.13 Å². The molecule has 6 heteroatoms. The maximum atomic E-state index is 5.98. The Kier molecular flexibility index (Phi) is 5.83. The smallest absolute Gasteiger partial charge is 0.187 e. The van der Waals surface area contributed by atoms with Gasteiger partial charge in [0.1, 0.15) is 5.15 Å². The van der Waals surface area contributed by atoms with E-state index in [4.69, 9.17) is 27.9 Å². The van der Waals surface area contributed by atoms with E-state index in [2.05, 4.69) is 23.7 Å². The standard InChI is InChI=1S/C10H16Cl2N2OS/c1-4-14(7(2)6-15-3)10-13-9(12)8(5-11)16-10/h7H,4-6H2,1-3H3. The van der Waals surface area contributed by atoms with Gasteiger partial charge in [0.05, 0.1) is 23.4 Å². The van der Waals surface area contributed by atoms with Crippen LogP contribution in [0.15, 0.2) is 0 Å². The van der Waals surface area contributed by atoms with Gasteiger partial charge in [0, 0.05) is 13.7 Å². The van der Waals surface area contributed by atoms with Gasteiger partial charge in [-0.25, -0.2) is 4.98 Å². The molecule has 0 saturated carbocycles. The summed E-state index contributed by atoms with van der Waals surface area (Å²) < 4.78 is 5.15. The lowest BCUT2D eigenvalue weighted by molar-refractivity contribution is 0.182. The number of halogens is 2. The second-order valence-electron chi connectivity index (χ2n) is 3.43. The molecule has 0 aliphatic carbocycles. The zero-order chi connectivity index (χ0) is 12.1. The first kappa shape index (κ1) is 14.0. The molecule has 1 heterocycles. The fraction of sp³-hybridized carbons (Fsp3) is 0.700. The van der Waals surface area contributed by atoms with E-state index in [9.17, 15) is 0 Å². The van der Waals surface area contributed by atoms with Crippen LogP contribution in [0.25, 0.3) is 0 Å². The highest BCUT2D eigenvalue weighted by atomic mass is 35.5. The lowest BCUT2D eigenvalue weighted by Crippen LogP contribution is -2.36. The third kappa shape index (κ3) is 3.23. The van der Waals surface area contributed by atoms with Crippen molar-refractivity contribution in [3.63, 3.8) is 0 Å². The number of rotatable bonds is 6. The lowest BCUT2D eigenvalue weighted by atomic mass is 10.3. The predicted octanol–water partition coefficient (Wildman–Crippen LogP) is 3.40. The number of likely N-dealkylation sites (N-methyl/N-ethyl adjacent to an activating group) is 1. The van der Waals surface area contributed by atoms with E-state index in [0.29, 0.717) is 17.6 Å². The molecule has 1 aromatic rings. The van der Waals surface area contributed by atoms with Crippen molar-refractivity contribution in [1.82, 2.24) is 4.98 Å². The summed E-state index contributed by atoms with van der Waals surface area (Å²) in [5, 5.41) is 1.42. The number of hydrogen-bond acceptors (Lipinski definition) is 4. The molecule has 0 fully saturated rings. The van der Waals surface area contributed by atoms with Gasteiger partial charge < -0.3 is 9.64 Å². The van der Waals surface area contributed by atoms with E-state index in [0.717, 1.165) is 16.6 Å². The van der Waals surface area contributed by atoms with Gasteiger partial charge in [0.25, 0.3) is 0 Å². The van der Waals surface area contributed by atoms with Crippen LogP contribution in [-0.4, -0.2) is 31.3 Å². The van der Waals surface area contributed by atoms with Crippen molar-refractivity contribution in [3.05, 3.63) is 10.0 Å². The van der Waals surface area contributed by atoms with Gasteiger partial charge in [-0.2, -0.15) is 0 Å². The summed E-state index contributed by atoms with van der Waals surface area (Å²) in [7, 11) is 1.70. The van der Waals surface area contributed by atoms with E-state index < -0.39 is 0 Å². The summed E-state index contributed by atoms with van der Waals surface area (Å²) in [6.45, 7) is 5.72. The number of thiazole rings is 1. The number of alkyl halides is 1. The SMILES string of the molecule is CCN(c1nc(Cl)c(CCl)s1)C(C)COC. The molecule has 0 amide bonds. The summed E-state index contributed by atoms with van der Waals surface area (Å²) in [6.07, 6.45) is 0. The Morgan fingerprint density at radius 3 is 2.69 bits per heavy atom. The second kappa shape index (κ2) is 6.64. The average Bonchev–Trinajstić information content (AvgIpc) is 2.61. The largest absolute Gasteiger partial charge is 0.383 e. The maximum Gasteiger partial charge on any atom is 0.187 e. The number of anilines is 1. The summed E-state index contributed by atoms with van der Waals surface area (Å²) in [6, 6.07) is 0.278. The topological polar surface area (TPSA) is 25.4 Å². The van der Waals surface area contributed by atoms with Crippen LogP contribution in [0.2, 0.25) is 5.15 Å². The second-order valence-corrected chi connectivity index (χ2v) is 5.12. The van der Waals surface area contributed by atoms with E-state index in [-0.39, 0.29) is 6.04 Å². The van der Waals surface area contributed by atoms with Crippen molar-refractivity contribution in [2.24, 2.45) is 0 Å². The molecular formula is C10H16Cl2N2OS. The minimum atomic E-state index is 0.278. The first-order chi connectivity index (χ1) is 7.63. The molecule has 0 spiro atoms. The third-order valence-corrected chi connectivity index (χ3v) is 4.23. The van der Waals surface area contributed by atoms with Crippen molar-refractivity contribution in [1.29, 1.82) is 0 Å². The van der Waals surface area contributed by atoms with Crippen molar-refractivity contribution in [2.75, 3.05) is 25.2 Å². The van der Waals surface area contributed by atoms with Gasteiger partial charge in [-0.3, -0.25) is 0 Å². The molecule has 0 aromatic carbocycles. The fourth-order valence-electron chi connectivity index (χ4n) is 1.49. The normalized spacial score (nSPS) is 12.8. The van der Waals surface area contributed by atoms with E-state index in [1.54, 1.807) is 18.4 Å². The molecule has 1 aromatic heterocycles. The van der Waals surface area contributed by atoms with Crippen LogP contribution in [0.1, 0.15) is 18.7 Å². The highest BCUT2D eigenvalue weighted by Gasteiger charge is 2.18. The quantitative estimate of drug-likeness (QED) is 0.748. The Balaban J connectivity index is 2.85. The van der Waals surface area contributed by atoms with Crippen LogP contribution in [0, 0.1) is 0 Å². The van der Waals surface area contributed by atoms with Gasteiger partial charge in [0.2, 0.25) is 0 Å². The molecule has 1 atom stereocenters. The first-order valence-corrected chi connectivity index (χ1v) is 6.83. The van der Waals surface area contributed by atoms with Crippen LogP contribution in [-0.2, 0) is 10.6 Å². The molecule has 16 heavy (non-hydrogen) atoms. The molecule has 3 nitrogen and oxygen atoms in total. The molecule has 1 unspecified atom stereocenters. The summed E-state index contributed by atoms with van der Waals surface area (Å²) in [5.41, 5.74) is 0. The van der Waals surface area contributed by atoms with E-state index in [1.807, 2.05) is 0 Å². The zero-order valence-corrected chi connectivity index (χ0v) is 12.0. The zero-order valence-electron chi connectivity index (χ0n) is 9.67. The Labute approximate surface area is 110 Å². The van der Waals surface area contributed by atoms with Gasteiger partial charge >= 0.3 is 0 Å². The first-order valence-electron chi connectivity index (χ1n) is 5.10. The van der Waals surface area contributed by atoms with Crippen molar-refractivity contribution >= 4 is 39.7 Å². The minimum absolute atomic E-state index is 0.278. The highest BCUT2D eigenvalue weighted by molar-refractivity contribution is 7.16. The van der Waals surface area contributed by atoms with Crippen LogP contribution in [0.3, 0.4) is 0 Å². The van der Waals surface area contributed by atoms with Crippen molar-refractivity contribution < 1.29 is 4.74 Å². The summed E-state index contributed by atoms with van der Waals surface area (Å²) in [4.78, 5) is 7.41. The van der Waals surface area contributed by atoms with Gasteiger partial charge in [-0.05, 0) is 13.8 Å². The van der Waals surface area contributed by atoms with Gasteiger partial charge in [-0.15, -0.1) is 11.6 Å². The Morgan fingerprint density at radius 1 is 1.56 bits per heavy atom. The number of nitrogens with zero attached hydrogens (tertiary/aromatic N) is 2. The number of hydrogen-bond donors (Lipinski definition) is 0. The Hall–Kier alpha value is -0.0300. The van der Waals surface area contributed by atoms with E-state index >= 15 is 0 Å². The molecule has 92 valence electrons.